The van der Waals surface area contributed by atoms with E-state index in [9.17, 15) is 4.79 Å². The number of aromatic nitrogens is 3. The van der Waals surface area contributed by atoms with Crippen molar-refractivity contribution in [1.82, 2.24) is 14.8 Å². The Hall–Kier alpha value is -1.91. The maximum absolute atomic E-state index is 12.6. The highest BCUT2D eigenvalue weighted by Crippen LogP contribution is 2.34. The number of anilines is 1. The number of rotatable bonds is 7. The van der Waals surface area contributed by atoms with Gasteiger partial charge in [0, 0.05) is 13.0 Å². The van der Waals surface area contributed by atoms with E-state index in [2.05, 4.69) is 18.9 Å². The minimum atomic E-state index is 0.156. The first-order chi connectivity index (χ1) is 11.7. The largest absolute Gasteiger partial charge is 0.397 e. The Morgan fingerprint density at radius 2 is 2.00 bits per heavy atom. The second-order valence-corrected chi connectivity index (χ2v) is 7.00. The zero-order valence-corrected chi connectivity index (χ0v) is 14.8. The number of hydrogen-bond acceptors (Lipinski definition) is 4. The molecule has 0 radical (unpaired) electrons. The van der Waals surface area contributed by atoms with Crippen LogP contribution < -0.4 is 5.73 Å². The highest BCUT2D eigenvalue weighted by molar-refractivity contribution is 6.08. The lowest BCUT2D eigenvalue weighted by Crippen LogP contribution is -2.23. The van der Waals surface area contributed by atoms with Gasteiger partial charge in [0.2, 0.25) is 0 Å². The summed E-state index contributed by atoms with van der Waals surface area (Å²) in [6.07, 6.45) is 10.1. The molecule has 1 aliphatic rings. The summed E-state index contributed by atoms with van der Waals surface area (Å²) in [5, 5.41) is 5.28. The Kier molecular flexibility index (Phi) is 5.17. The summed E-state index contributed by atoms with van der Waals surface area (Å²) >= 11 is 0. The molecule has 2 N–H and O–H groups in total. The van der Waals surface area contributed by atoms with Crippen molar-refractivity contribution in [3.8, 4) is 0 Å². The van der Waals surface area contributed by atoms with Crippen LogP contribution in [-0.2, 0) is 13.0 Å². The second kappa shape index (κ2) is 7.32. The third-order valence-electron chi connectivity index (χ3n) is 5.07. The van der Waals surface area contributed by atoms with Crippen LogP contribution in [-0.4, -0.2) is 20.5 Å². The molecule has 0 aliphatic heterocycles. The van der Waals surface area contributed by atoms with E-state index in [1.165, 1.54) is 19.3 Å². The summed E-state index contributed by atoms with van der Waals surface area (Å²) in [5.74, 6) is 0.564. The third-order valence-corrected chi connectivity index (χ3v) is 5.07. The maximum Gasteiger partial charge on any atom is 0.167 e. The molecule has 1 aliphatic carbocycles. The molecular formula is C19H28N4O. The summed E-state index contributed by atoms with van der Waals surface area (Å²) in [5.41, 5.74) is 9.29. The van der Waals surface area contributed by atoms with Gasteiger partial charge in [0.05, 0.1) is 28.5 Å². The SMILES string of the molecule is CCCCCn1ncc2c(N)c3c(nc21)CC(CCCC)CC3=O. The number of hydrogen-bond donors (Lipinski definition) is 1. The van der Waals surface area contributed by atoms with Crippen molar-refractivity contribution in [1.29, 1.82) is 0 Å². The summed E-state index contributed by atoms with van der Waals surface area (Å²) in [4.78, 5) is 17.4. The maximum atomic E-state index is 12.6. The van der Waals surface area contributed by atoms with E-state index in [-0.39, 0.29) is 5.78 Å². The van der Waals surface area contributed by atoms with E-state index in [1.54, 1.807) is 6.20 Å². The van der Waals surface area contributed by atoms with Gasteiger partial charge in [-0.3, -0.25) is 4.79 Å². The van der Waals surface area contributed by atoms with Gasteiger partial charge >= 0.3 is 0 Å². The topological polar surface area (TPSA) is 73.8 Å². The van der Waals surface area contributed by atoms with Gasteiger partial charge in [0.15, 0.2) is 11.4 Å². The molecule has 0 amide bonds. The monoisotopic (exact) mass is 328 g/mol. The molecule has 0 saturated heterocycles. The molecule has 5 nitrogen and oxygen atoms in total. The van der Waals surface area contributed by atoms with Crippen LogP contribution in [0, 0.1) is 5.92 Å². The fourth-order valence-electron chi connectivity index (χ4n) is 3.70. The van der Waals surface area contributed by atoms with Gasteiger partial charge in [0.1, 0.15) is 0 Å². The van der Waals surface area contributed by atoms with E-state index in [0.717, 1.165) is 49.0 Å². The summed E-state index contributed by atoms with van der Waals surface area (Å²) < 4.78 is 1.95. The molecule has 130 valence electrons. The quantitative estimate of drug-likeness (QED) is 0.775. The van der Waals surface area contributed by atoms with Crippen molar-refractivity contribution in [2.75, 3.05) is 5.73 Å². The smallest absolute Gasteiger partial charge is 0.167 e. The molecule has 3 rings (SSSR count). The molecule has 5 heteroatoms. The van der Waals surface area contributed by atoms with Gasteiger partial charge in [-0.1, -0.05) is 39.5 Å². The van der Waals surface area contributed by atoms with Gasteiger partial charge in [-0.05, 0) is 25.2 Å². The number of Topliss-reactive ketones (excluding diaryl/α,β-unsaturated/α-hetero) is 1. The molecule has 0 saturated carbocycles. The van der Waals surface area contributed by atoms with Crippen LogP contribution in [0.3, 0.4) is 0 Å². The number of aryl methyl sites for hydroxylation is 1. The standard InChI is InChI=1S/C19H28N4O/c1-3-5-7-9-23-19-14(12-21-23)18(20)17-15(22-19)10-13(8-6-4-2)11-16(17)24/h12-13H,3-11H2,1-2H3,(H2,20,22). The van der Waals surface area contributed by atoms with Gasteiger partial charge < -0.3 is 5.73 Å². The van der Waals surface area contributed by atoms with Gasteiger partial charge in [-0.25, -0.2) is 9.67 Å². The molecule has 0 fully saturated rings. The molecule has 0 spiro atoms. The predicted octanol–water partition coefficient (Wildman–Crippen LogP) is 4.14. The molecule has 0 bridgehead atoms. The van der Waals surface area contributed by atoms with Crippen LogP contribution in [0.25, 0.3) is 11.0 Å². The number of unbranched alkanes of at least 4 members (excludes halogenated alkanes) is 3. The van der Waals surface area contributed by atoms with Crippen molar-refractivity contribution in [2.45, 2.75) is 71.8 Å². The first kappa shape index (κ1) is 16.9. The lowest BCUT2D eigenvalue weighted by Gasteiger charge is -2.24. The van der Waals surface area contributed by atoms with E-state index in [0.29, 0.717) is 23.6 Å². The number of nitrogen functional groups attached to an aromatic ring is 1. The summed E-state index contributed by atoms with van der Waals surface area (Å²) in [6.45, 7) is 5.23. The van der Waals surface area contributed by atoms with Crippen LogP contribution in [0.2, 0.25) is 0 Å². The number of carbonyl (C=O) groups excluding carboxylic acids is 1. The number of ketones is 1. The van der Waals surface area contributed by atoms with E-state index < -0.39 is 0 Å². The Labute approximate surface area is 143 Å². The number of nitrogens with zero attached hydrogens (tertiary/aromatic N) is 3. The fraction of sp³-hybridized carbons (Fsp3) is 0.632. The minimum absolute atomic E-state index is 0.156. The minimum Gasteiger partial charge on any atom is -0.397 e. The first-order valence-electron chi connectivity index (χ1n) is 9.32. The Bertz CT molecular complexity index is 735. The molecular weight excluding hydrogens is 300 g/mol. The molecule has 24 heavy (non-hydrogen) atoms. The van der Waals surface area contributed by atoms with Crippen molar-refractivity contribution < 1.29 is 4.79 Å². The predicted molar refractivity (Wildman–Crippen MR) is 97.1 cm³/mol. The second-order valence-electron chi connectivity index (χ2n) is 7.00. The average Bonchev–Trinajstić information content (AvgIpc) is 2.96. The molecule has 1 unspecified atom stereocenters. The number of nitrogens with two attached hydrogens (primary N) is 1. The number of fused-ring (bicyclic) bond motifs is 2. The zero-order chi connectivity index (χ0) is 17.1. The van der Waals surface area contributed by atoms with Crippen LogP contribution in [0.5, 0.6) is 0 Å². The van der Waals surface area contributed by atoms with Gasteiger partial charge in [-0.15, -0.1) is 0 Å². The summed E-state index contributed by atoms with van der Waals surface area (Å²) in [7, 11) is 0. The normalized spacial score (nSPS) is 17.4. The first-order valence-corrected chi connectivity index (χ1v) is 9.32. The molecule has 2 heterocycles. The average molecular weight is 328 g/mol. The van der Waals surface area contributed by atoms with E-state index in [1.807, 2.05) is 4.68 Å². The third kappa shape index (κ3) is 3.17. The zero-order valence-electron chi connectivity index (χ0n) is 14.8. The lowest BCUT2D eigenvalue weighted by molar-refractivity contribution is 0.0945. The van der Waals surface area contributed by atoms with Crippen LogP contribution in [0.4, 0.5) is 5.69 Å². The van der Waals surface area contributed by atoms with Gasteiger partial charge in [0.25, 0.3) is 0 Å². The van der Waals surface area contributed by atoms with Crippen LogP contribution in [0.1, 0.15) is 74.8 Å². The highest BCUT2D eigenvalue weighted by atomic mass is 16.1. The van der Waals surface area contributed by atoms with E-state index >= 15 is 0 Å². The van der Waals surface area contributed by atoms with Crippen LogP contribution in [0.15, 0.2) is 6.20 Å². The number of carbonyl (C=O) groups is 1. The Morgan fingerprint density at radius 1 is 1.21 bits per heavy atom. The van der Waals surface area contributed by atoms with Crippen LogP contribution >= 0.6 is 0 Å². The Balaban J connectivity index is 1.94. The highest BCUT2D eigenvalue weighted by Gasteiger charge is 2.29. The van der Waals surface area contributed by atoms with Gasteiger partial charge in [-0.2, -0.15) is 5.10 Å². The lowest BCUT2D eigenvalue weighted by atomic mass is 9.82. The molecule has 2 aromatic rings. The molecule has 2 aromatic heterocycles. The number of pyridine rings is 1. The fourth-order valence-corrected chi connectivity index (χ4v) is 3.70. The van der Waals surface area contributed by atoms with E-state index in [4.69, 9.17) is 10.7 Å². The molecule has 0 aromatic carbocycles. The van der Waals surface area contributed by atoms with Crippen molar-refractivity contribution in [3.63, 3.8) is 0 Å². The summed E-state index contributed by atoms with van der Waals surface area (Å²) in [6, 6.07) is 0. The van der Waals surface area contributed by atoms with Crippen molar-refractivity contribution >= 4 is 22.5 Å². The molecule has 1 atom stereocenters. The Morgan fingerprint density at radius 3 is 2.75 bits per heavy atom. The van der Waals surface area contributed by atoms with Crippen molar-refractivity contribution in [2.24, 2.45) is 5.92 Å². The van der Waals surface area contributed by atoms with Crippen molar-refractivity contribution in [3.05, 3.63) is 17.5 Å².